The Morgan fingerprint density at radius 1 is 1.28 bits per heavy atom. The van der Waals surface area contributed by atoms with Gasteiger partial charge in [0, 0.05) is 0 Å². The van der Waals surface area contributed by atoms with Crippen molar-refractivity contribution in [2.45, 2.75) is 33.6 Å². The topological polar surface area (TPSA) is 88.3 Å². The number of rotatable bonds is 5. The SMILES string of the molecule is CCOC(=O)/C(N=NC1=C(C)C(C)C(c2ccccc2)C1=O)=C(\C)O. The lowest BCUT2D eigenvalue weighted by Crippen LogP contribution is -2.13. The van der Waals surface area contributed by atoms with E-state index in [2.05, 4.69) is 10.2 Å². The molecule has 2 unspecified atom stereocenters. The molecule has 1 aliphatic carbocycles. The van der Waals surface area contributed by atoms with E-state index < -0.39 is 5.97 Å². The number of azo groups is 1. The molecule has 0 saturated heterocycles. The molecule has 1 aromatic carbocycles. The monoisotopic (exact) mass is 342 g/mol. The predicted molar refractivity (Wildman–Crippen MR) is 92.9 cm³/mol. The van der Waals surface area contributed by atoms with E-state index >= 15 is 0 Å². The molecule has 6 nitrogen and oxygen atoms in total. The molecule has 1 aromatic rings. The van der Waals surface area contributed by atoms with E-state index in [0.29, 0.717) is 0 Å². The van der Waals surface area contributed by atoms with E-state index in [1.165, 1.54) is 6.92 Å². The van der Waals surface area contributed by atoms with Gasteiger partial charge in [0.2, 0.25) is 5.70 Å². The quantitative estimate of drug-likeness (QED) is 0.378. The van der Waals surface area contributed by atoms with Gasteiger partial charge in [-0.25, -0.2) is 4.79 Å². The van der Waals surface area contributed by atoms with Crippen LogP contribution in [-0.2, 0) is 14.3 Å². The zero-order chi connectivity index (χ0) is 18.6. The first-order chi connectivity index (χ1) is 11.9. The summed E-state index contributed by atoms with van der Waals surface area (Å²) in [5, 5.41) is 17.4. The summed E-state index contributed by atoms with van der Waals surface area (Å²) in [6, 6.07) is 9.50. The molecule has 0 fully saturated rings. The zero-order valence-electron chi connectivity index (χ0n) is 14.8. The number of aliphatic hydroxyl groups is 1. The highest BCUT2D eigenvalue weighted by Crippen LogP contribution is 2.41. The molecule has 0 radical (unpaired) electrons. The van der Waals surface area contributed by atoms with Crippen molar-refractivity contribution in [3.05, 3.63) is 58.6 Å². The lowest BCUT2D eigenvalue weighted by atomic mass is 9.87. The number of ketones is 1. The molecule has 25 heavy (non-hydrogen) atoms. The second-order valence-electron chi connectivity index (χ2n) is 5.93. The molecule has 0 aromatic heterocycles. The molecule has 6 heteroatoms. The zero-order valence-corrected chi connectivity index (χ0v) is 14.8. The van der Waals surface area contributed by atoms with Gasteiger partial charge in [-0.1, -0.05) is 37.3 Å². The summed E-state index contributed by atoms with van der Waals surface area (Å²) in [6.07, 6.45) is 0. The number of Topliss-reactive ketones (excluding diaryl/α,β-unsaturated/α-hetero) is 1. The van der Waals surface area contributed by atoms with Gasteiger partial charge in [0.25, 0.3) is 0 Å². The molecule has 2 rings (SSSR count). The summed E-state index contributed by atoms with van der Waals surface area (Å²) in [5.41, 5.74) is 1.65. The maximum atomic E-state index is 12.8. The first kappa shape index (κ1) is 18.6. The Labute approximate surface area is 146 Å². The van der Waals surface area contributed by atoms with Gasteiger partial charge in [0.05, 0.1) is 12.5 Å². The van der Waals surface area contributed by atoms with Crippen LogP contribution in [0.25, 0.3) is 0 Å². The minimum absolute atomic E-state index is 0.0194. The maximum Gasteiger partial charge on any atom is 0.362 e. The third-order valence-corrected chi connectivity index (χ3v) is 4.29. The van der Waals surface area contributed by atoms with Crippen molar-refractivity contribution < 1.29 is 19.4 Å². The van der Waals surface area contributed by atoms with Gasteiger partial charge >= 0.3 is 5.97 Å². The van der Waals surface area contributed by atoms with E-state index in [4.69, 9.17) is 4.74 Å². The average Bonchev–Trinajstić information content (AvgIpc) is 2.79. The second kappa shape index (κ2) is 7.88. The van der Waals surface area contributed by atoms with Crippen molar-refractivity contribution in [2.75, 3.05) is 6.61 Å². The van der Waals surface area contributed by atoms with Crippen LogP contribution in [0, 0.1) is 5.92 Å². The molecule has 132 valence electrons. The molecule has 0 aliphatic heterocycles. The molecule has 2 atom stereocenters. The van der Waals surface area contributed by atoms with Gasteiger partial charge in [0.1, 0.15) is 11.5 Å². The number of esters is 1. The molecule has 0 bridgehead atoms. The van der Waals surface area contributed by atoms with Crippen molar-refractivity contribution in [3.63, 3.8) is 0 Å². The number of benzene rings is 1. The van der Waals surface area contributed by atoms with E-state index in [1.54, 1.807) is 6.92 Å². The van der Waals surface area contributed by atoms with Gasteiger partial charge in [-0.15, -0.1) is 10.2 Å². The molecule has 0 amide bonds. The van der Waals surface area contributed by atoms with E-state index in [1.807, 2.05) is 44.2 Å². The van der Waals surface area contributed by atoms with Crippen molar-refractivity contribution in [1.29, 1.82) is 0 Å². The highest BCUT2D eigenvalue weighted by atomic mass is 16.5. The molecule has 1 aliphatic rings. The Morgan fingerprint density at radius 3 is 2.48 bits per heavy atom. The van der Waals surface area contributed by atoms with Crippen LogP contribution < -0.4 is 0 Å². The number of nitrogens with zero attached hydrogens (tertiary/aromatic N) is 2. The van der Waals surface area contributed by atoms with Gasteiger partial charge < -0.3 is 9.84 Å². The summed E-state index contributed by atoms with van der Waals surface area (Å²) in [5.74, 6) is -1.56. The third-order valence-electron chi connectivity index (χ3n) is 4.29. The van der Waals surface area contributed by atoms with Crippen LogP contribution in [0.2, 0.25) is 0 Å². The number of aliphatic hydroxyl groups excluding tert-OH is 1. The molecular formula is C19H22N2O4. The standard InChI is InChI=1S/C19H22N2O4/c1-5-25-19(24)17(13(4)22)21-20-16-12(3)11(2)15(18(16)23)14-9-7-6-8-10-14/h6-11,15,22H,5H2,1-4H3/b17-13-,21-20?. The lowest BCUT2D eigenvalue weighted by Gasteiger charge is -2.15. The number of hydrogen-bond acceptors (Lipinski definition) is 6. The summed E-state index contributed by atoms with van der Waals surface area (Å²) in [6.45, 7) is 6.92. The molecule has 0 spiro atoms. The van der Waals surface area contributed by atoms with Crippen molar-refractivity contribution >= 4 is 11.8 Å². The Hall–Kier alpha value is -2.76. The molecular weight excluding hydrogens is 320 g/mol. The smallest absolute Gasteiger partial charge is 0.362 e. The average molecular weight is 342 g/mol. The number of allylic oxidation sites excluding steroid dienone is 3. The van der Waals surface area contributed by atoms with Crippen molar-refractivity contribution in [2.24, 2.45) is 16.1 Å². The normalized spacial score (nSPS) is 21.7. The lowest BCUT2D eigenvalue weighted by molar-refractivity contribution is -0.138. The summed E-state index contributed by atoms with van der Waals surface area (Å²) >= 11 is 0. The van der Waals surface area contributed by atoms with Crippen LogP contribution in [0.15, 0.2) is 63.3 Å². The summed E-state index contributed by atoms with van der Waals surface area (Å²) < 4.78 is 4.83. The highest BCUT2D eigenvalue weighted by Gasteiger charge is 2.38. The van der Waals surface area contributed by atoms with Crippen molar-refractivity contribution in [3.8, 4) is 0 Å². The first-order valence-electron chi connectivity index (χ1n) is 8.17. The van der Waals surface area contributed by atoms with Crippen LogP contribution in [0.3, 0.4) is 0 Å². The highest BCUT2D eigenvalue weighted by molar-refractivity contribution is 6.04. The number of carbonyl (C=O) groups is 2. The molecule has 0 saturated carbocycles. The summed E-state index contributed by atoms with van der Waals surface area (Å²) in [4.78, 5) is 24.6. The van der Waals surface area contributed by atoms with Crippen LogP contribution in [0.1, 0.15) is 39.2 Å². The van der Waals surface area contributed by atoms with Crippen LogP contribution in [0.5, 0.6) is 0 Å². The van der Waals surface area contributed by atoms with Crippen LogP contribution in [0.4, 0.5) is 0 Å². The number of ether oxygens (including phenoxy) is 1. The Balaban J connectivity index is 2.31. The maximum absolute atomic E-state index is 12.8. The fraction of sp³-hybridized carbons (Fsp3) is 0.368. The number of hydrogen-bond donors (Lipinski definition) is 1. The second-order valence-corrected chi connectivity index (χ2v) is 5.93. The Kier molecular flexibility index (Phi) is 5.85. The van der Waals surface area contributed by atoms with E-state index in [-0.39, 0.29) is 41.4 Å². The van der Waals surface area contributed by atoms with Gasteiger partial charge in [-0.05, 0) is 37.8 Å². The van der Waals surface area contributed by atoms with E-state index in [9.17, 15) is 14.7 Å². The fourth-order valence-corrected chi connectivity index (χ4v) is 2.82. The Morgan fingerprint density at radius 2 is 1.92 bits per heavy atom. The van der Waals surface area contributed by atoms with Gasteiger partial charge in [0.15, 0.2) is 5.78 Å². The van der Waals surface area contributed by atoms with Gasteiger partial charge in [-0.2, -0.15) is 0 Å². The third kappa shape index (κ3) is 3.84. The fourth-order valence-electron chi connectivity index (χ4n) is 2.82. The van der Waals surface area contributed by atoms with E-state index in [0.717, 1.165) is 11.1 Å². The van der Waals surface area contributed by atoms with Crippen molar-refractivity contribution in [1.82, 2.24) is 0 Å². The van der Waals surface area contributed by atoms with Crippen LogP contribution >= 0.6 is 0 Å². The Bertz CT molecular complexity index is 759. The number of carbonyl (C=O) groups excluding carboxylic acids is 2. The summed E-state index contributed by atoms with van der Waals surface area (Å²) in [7, 11) is 0. The largest absolute Gasteiger partial charge is 0.510 e. The molecule has 0 heterocycles. The minimum Gasteiger partial charge on any atom is -0.510 e. The minimum atomic E-state index is -0.775. The first-order valence-corrected chi connectivity index (χ1v) is 8.17. The molecule has 1 N–H and O–H groups in total. The van der Waals surface area contributed by atoms with Crippen LogP contribution in [-0.4, -0.2) is 23.5 Å². The van der Waals surface area contributed by atoms with Gasteiger partial charge in [-0.3, -0.25) is 4.79 Å². The predicted octanol–water partition coefficient (Wildman–Crippen LogP) is 4.07.